The van der Waals surface area contributed by atoms with E-state index in [-0.39, 0.29) is 5.56 Å². The first-order valence-corrected chi connectivity index (χ1v) is 9.66. The van der Waals surface area contributed by atoms with E-state index >= 15 is 0 Å². The lowest BCUT2D eigenvalue weighted by Gasteiger charge is -2.27. The first-order valence-electron chi connectivity index (χ1n) is 9.66. The molecular weight excluding hydrogens is 382 g/mol. The van der Waals surface area contributed by atoms with Crippen LogP contribution in [0, 0.1) is 0 Å². The topological polar surface area (TPSA) is 93.8 Å². The van der Waals surface area contributed by atoms with Crippen molar-refractivity contribution >= 4 is 40.7 Å². The summed E-state index contributed by atoms with van der Waals surface area (Å²) in [7, 11) is 0. The molecule has 1 amide bonds. The highest BCUT2D eigenvalue weighted by molar-refractivity contribution is 6.10. The summed E-state index contributed by atoms with van der Waals surface area (Å²) in [6.07, 6.45) is 4.70. The van der Waals surface area contributed by atoms with Crippen molar-refractivity contribution < 1.29 is 19.4 Å². The summed E-state index contributed by atoms with van der Waals surface area (Å²) in [5.41, 5.74) is 2.00. The van der Waals surface area contributed by atoms with Crippen LogP contribution in [0.1, 0.15) is 10.4 Å². The van der Waals surface area contributed by atoms with E-state index in [1.807, 2.05) is 30.5 Å². The van der Waals surface area contributed by atoms with Gasteiger partial charge in [0.25, 0.3) is 5.91 Å². The van der Waals surface area contributed by atoms with E-state index in [9.17, 15) is 14.7 Å². The minimum atomic E-state index is -1.03. The Labute approximate surface area is 171 Å². The number of hydrogen-bond acceptors (Lipinski definition) is 5. The summed E-state index contributed by atoms with van der Waals surface area (Å²) < 4.78 is 5.39. The summed E-state index contributed by atoms with van der Waals surface area (Å²) in [5, 5.41) is 16.2. The molecule has 0 unspecified atom stereocenters. The highest BCUT2D eigenvalue weighted by Gasteiger charge is 2.15. The molecule has 1 fully saturated rings. The summed E-state index contributed by atoms with van der Waals surface area (Å²) in [4.78, 5) is 30.2. The van der Waals surface area contributed by atoms with Gasteiger partial charge in [-0.1, -0.05) is 12.1 Å². The molecule has 0 spiro atoms. The zero-order chi connectivity index (χ0) is 20.7. The molecule has 7 nitrogen and oxygen atoms in total. The van der Waals surface area contributed by atoms with E-state index in [0.29, 0.717) is 23.8 Å². The third-order valence-corrected chi connectivity index (χ3v) is 5.46. The second-order valence-electron chi connectivity index (χ2n) is 7.24. The predicted octanol–water partition coefficient (Wildman–Crippen LogP) is 1.10. The SMILES string of the molecule is O=C1C=c2cc(C(=O)O)c3ccc(-c4ccc(N5CCOCC5)nc4)cc3c2=C[N]1. The lowest BCUT2D eigenvalue weighted by atomic mass is 9.96. The van der Waals surface area contributed by atoms with Gasteiger partial charge in [-0.15, -0.1) is 0 Å². The Morgan fingerprint density at radius 1 is 1.03 bits per heavy atom. The second kappa shape index (κ2) is 7.27. The number of amides is 1. The maximum absolute atomic E-state index is 11.8. The Morgan fingerprint density at radius 3 is 2.57 bits per heavy atom. The Bertz CT molecular complexity index is 1290. The number of carbonyl (C=O) groups excluding carboxylic acids is 1. The quantitative estimate of drug-likeness (QED) is 0.708. The molecule has 1 saturated heterocycles. The van der Waals surface area contributed by atoms with Gasteiger partial charge in [0.2, 0.25) is 0 Å². The van der Waals surface area contributed by atoms with Crippen LogP contribution in [-0.4, -0.2) is 48.3 Å². The minimum Gasteiger partial charge on any atom is -0.478 e. The van der Waals surface area contributed by atoms with Crippen molar-refractivity contribution in [3.8, 4) is 11.1 Å². The number of benzene rings is 2. The number of pyridine rings is 1. The van der Waals surface area contributed by atoms with Gasteiger partial charge in [-0.3, -0.25) is 4.79 Å². The van der Waals surface area contributed by atoms with Gasteiger partial charge in [0, 0.05) is 42.3 Å². The molecule has 1 aromatic heterocycles. The van der Waals surface area contributed by atoms with E-state index in [1.54, 1.807) is 6.07 Å². The van der Waals surface area contributed by atoms with Gasteiger partial charge >= 0.3 is 5.97 Å². The number of carbonyl (C=O) groups is 2. The van der Waals surface area contributed by atoms with Crippen LogP contribution in [0.5, 0.6) is 0 Å². The molecule has 2 aromatic carbocycles. The highest BCUT2D eigenvalue weighted by atomic mass is 16.5. The van der Waals surface area contributed by atoms with Gasteiger partial charge in [-0.25, -0.2) is 15.1 Å². The highest BCUT2D eigenvalue weighted by Crippen LogP contribution is 2.25. The molecular formula is C23H18N3O4. The molecule has 3 heterocycles. The van der Waals surface area contributed by atoms with Gasteiger partial charge < -0.3 is 14.7 Å². The number of ether oxygens (including phenoxy) is 1. The number of rotatable bonds is 3. The van der Waals surface area contributed by atoms with Gasteiger partial charge in [0.1, 0.15) is 5.82 Å². The van der Waals surface area contributed by atoms with Crippen molar-refractivity contribution in [3.63, 3.8) is 0 Å². The van der Waals surface area contributed by atoms with Crippen molar-refractivity contribution in [1.29, 1.82) is 0 Å². The summed E-state index contributed by atoms with van der Waals surface area (Å²) in [6, 6.07) is 11.1. The summed E-state index contributed by atoms with van der Waals surface area (Å²) in [6.45, 7) is 3.04. The van der Waals surface area contributed by atoms with E-state index in [1.165, 1.54) is 18.3 Å². The molecule has 7 heteroatoms. The number of carboxylic acids is 1. The van der Waals surface area contributed by atoms with Gasteiger partial charge in [0.05, 0.1) is 18.8 Å². The molecule has 2 aliphatic rings. The minimum absolute atomic E-state index is 0.162. The fraction of sp³-hybridized carbons (Fsp3) is 0.174. The molecule has 149 valence electrons. The Morgan fingerprint density at radius 2 is 1.83 bits per heavy atom. The smallest absolute Gasteiger partial charge is 0.336 e. The summed E-state index contributed by atoms with van der Waals surface area (Å²) >= 11 is 0. The zero-order valence-electron chi connectivity index (χ0n) is 16.0. The maximum Gasteiger partial charge on any atom is 0.336 e. The largest absolute Gasteiger partial charge is 0.478 e. The number of aromatic carboxylic acids is 1. The van der Waals surface area contributed by atoms with Crippen molar-refractivity contribution in [2.24, 2.45) is 0 Å². The first kappa shape index (κ1) is 18.3. The molecule has 1 radical (unpaired) electrons. The lowest BCUT2D eigenvalue weighted by Crippen LogP contribution is -2.36. The third kappa shape index (κ3) is 3.19. The zero-order valence-corrected chi connectivity index (χ0v) is 16.0. The molecule has 0 bridgehead atoms. The van der Waals surface area contributed by atoms with Crippen molar-refractivity contribution in [2.75, 3.05) is 31.2 Å². The lowest BCUT2D eigenvalue weighted by molar-refractivity contribution is -0.114. The number of morpholine rings is 1. The van der Waals surface area contributed by atoms with Crippen LogP contribution < -0.4 is 20.7 Å². The van der Waals surface area contributed by atoms with Gasteiger partial charge in [0.15, 0.2) is 0 Å². The van der Waals surface area contributed by atoms with Gasteiger partial charge in [-0.2, -0.15) is 0 Å². The monoisotopic (exact) mass is 400 g/mol. The number of anilines is 1. The standard InChI is InChI=1S/C23H18N3O4/c27-22-11-16-10-19(23(28)29)17-3-1-14(9-18(17)20(16)13-25-22)15-2-4-21(24-12-15)26-5-7-30-8-6-26/h1-4,9-13H,5-8H2,(H,28,29). The fourth-order valence-corrected chi connectivity index (χ4v) is 3.92. The average molecular weight is 400 g/mol. The number of carboxylic acid groups (broad SMARTS) is 1. The molecule has 5 rings (SSSR count). The van der Waals surface area contributed by atoms with Crippen LogP contribution in [0.15, 0.2) is 42.6 Å². The molecule has 30 heavy (non-hydrogen) atoms. The van der Waals surface area contributed by atoms with Crippen LogP contribution in [-0.2, 0) is 9.53 Å². The van der Waals surface area contributed by atoms with Crippen molar-refractivity contribution in [1.82, 2.24) is 10.3 Å². The van der Waals surface area contributed by atoms with E-state index < -0.39 is 11.9 Å². The van der Waals surface area contributed by atoms with Gasteiger partial charge in [-0.05, 0) is 45.8 Å². The van der Waals surface area contributed by atoms with Crippen molar-refractivity contribution in [3.05, 3.63) is 58.6 Å². The average Bonchev–Trinajstić information content (AvgIpc) is 2.78. The van der Waals surface area contributed by atoms with E-state index in [4.69, 9.17) is 4.74 Å². The van der Waals surface area contributed by atoms with E-state index in [0.717, 1.165) is 40.6 Å². The van der Waals surface area contributed by atoms with Crippen LogP contribution >= 0.6 is 0 Å². The van der Waals surface area contributed by atoms with Crippen molar-refractivity contribution in [2.45, 2.75) is 0 Å². The van der Waals surface area contributed by atoms with Crippen LogP contribution in [0.2, 0.25) is 0 Å². The number of hydrogen-bond donors (Lipinski definition) is 1. The molecule has 0 aliphatic carbocycles. The first-order chi connectivity index (χ1) is 14.6. The Hall–Kier alpha value is -3.71. The number of aromatic nitrogens is 1. The Kier molecular flexibility index (Phi) is 4.44. The van der Waals surface area contributed by atoms with Crippen LogP contribution in [0.4, 0.5) is 5.82 Å². The number of nitrogens with zero attached hydrogens (tertiary/aromatic N) is 3. The molecule has 3 aromatic rings. The third-order valence-electron chi connectivity index (χ3n) is 5.46. The summed E-state index contributed by atoms with van der Waals surface area (Å²) in [5.74, 6) is -0.513. The Balaban J connectivity index is 1.62. The van der Waals surface area contributed by atoms with E-state index in [2.05, 4.69) is 15.2 Å². The normalized spacial score (nSPS) is 15.7. The second-order valence-corrected chi connectivity index (χ2v) is 7.24. The molecule has 0 saturated carbocycles. The predicted molar refractivity (Wildman–Crippen MR) is 112 cm³/mol. The molecule has 1 N–H and O–H groups in total. The van der Waals surface area contributed by atoms with Crippen LogP contribution in [0.25, 0.3) is 34.2 Å². The van der Waals surface area contributed by atoms with Crippen LogP contribution in [0.3, 0.4) is 0 Å². The number of fused-ring (bicyclic) bond motifs is 3. The fourth-order valence-electron chi connectivity index (χ4n) is 3.92. The molecule has 0 atom stereocenters. The molecule has 2 aliphatic heterocycles. The maximum atomic E-state index is 11.8.